The lowest BCUT2D eigenvalue weighted by Crippen LogP contribution is -2.25. The Morgan fingerprint density at radius 1 is 1.22 bits per heavy atom. The van der Waals surface area contributed by atoms with E-state index in [1.165, 1.54) is 13.0 Å². The Bertz CT molecular complexity index is 681. The van der Waals surface area contributed by atoms with E-state index in [4.69, 9.17) is 0 Å². The van der Waals surface area contributed by atoms with Crippen LogP contribution >= 0.6 is 0 Å². The van der Waals surface area contributed by atoms with Gasteiger partial charge in [-0.1, -0.05) is 30.3 Å². The van der Waals surface area contributed by atoms with E-state index in [2.05, 4.69) is 11.4 Å². The number of benzene rings is 1. The lowest BCUT2D eigenvalue weighted by molar-refractivity contribution is -0.138. The molecule has 5 heteroatoms. The monoisotopic (exact) mass is 318 g/mol. The number of aromatic nitrogens is 1. The molecule has 0 fully saturated rings. The summed E-state index contributed by atoms with van der Waals surface area (Å²) < 4.78 is 39.6. The number of alkyl halides is 3. The van der Waals surface area contributed by atoms with E-state index in [9.17, 15) is 13.2 Å². The fourth-order valence-electron chi connectivity index (χ4n) is 2.82. The van der Waals surface area contributed by atoms with Gasteiger partial charge in [-0.05, 0) is 31.4 Å². The molecule has 0 bridgehead atoms. The van der Waals surface area contributed by atoms with Crippen molar-refractivity contribution < 1.29 is 13.2 Å². The third-order valence-electron chi connectivity index (χ3n) is 3.95. The second-order valence-corrected chi connectivity index (χ2v) is 5.67. The Kier molecular flexibility index (Phi) is 4.28. The minimum Gasteiger partial charge on any atom is -0.366 e. The number of rotatable bonds is 2. The summed E-state index contributed by atoms with van der Waals surface area (Å²) in [7, 11) is 0. The molecule has 0 unspecified atom stereocenters. The van der Waals surface area contributed by atoms with Gasteiger partial charge in [-0.25, -0.2) is 0 Å². The maximum atomic E-state index is 13.2. The van der Waals surface area contributed by atoms with Gasteiger partial charge < -0.3 is 4.90 Å². The first kappa shape index (κ1) is 15.8. The van der Waals surface area contributed by atoms with E-state index in [0.29, 0.717) is 30.9 Å². The zero-order valence-electron chi connectivity index (χ0n) is 12.8. The molecular formula is C18H17F3N2. The van der Waals surface area contributed by atoms with Gasteiger partial charge in [-0.2, -0.15) is 13.2 Å². The van der Waals surface area contributed by atoms with Gasteiger partial charge in [0.1, 0.15) is 0 Å². The molecule has 0 amide bonds. The number of nitrogens with zero attached hydrogens (tertiary/aromatic N) is 2. The molecule has 120 valence electrons. The van der Waals surface area contributed by atoms with Crippen molar-refractivity contribution in [2.75, 3.05) is 11.4 Å². The third-order valence-corrected chi connectivity index (χ3v) is 3.95. The van der Waals surface area contributed by atoms with Crippen molar-refractivity contribution in [1.29, 1.82) is 0 Å². The molecular weight excluding hydrogens is 301 g/mol. The van der Waals surface area contributed by atoms with Crippen molar-refractivity contribution in [3.8, 4) is 0 Å². The number of pyridine rings is 1. The molecule has 0 saturated carbocycles. The summed E-state index contributed by atoms with van der Waals surface area (Å²) in [6.45, 7) is 2.66. The van der Waals surface area contributed by atoms with Crippen LogP contribution in [0.4, 0.5) is 18.9 Å². The molecule has 1 aromatic carbocycles. The molecule has 0 atom stereocenters. The van der Waals surface area contributed by atoms with Crippen molar-refractivity contribution in [2.24, 2.45) is 0 Å². The van der Waals surface area contributed by atoms with Gasteiger partial charge in [0.25, 0.3) is 0 Å². The van der Waals surface area contributed by atoms with Crippen LogP contribution in [-0.4, -0.2) is 11.5 Å². The van der Waals surface area contributed by atoms with Crippen LogP contribution in [0.15, 0.2) is 36.4 Å². The second kappa shape index (κ2) is 6.22. The Morgan fingerprint density at radius 2 is 1.96 bits per heavy atom. The predicted octanol–water partition coefficient (Wildman–Crippen LogP) is 4.64. The fraction of sp³-hybridized carbons (Fsp3) is 0.333. The predicted molar refractivity (Wildman–Crippen MR) is 83.0 cm³/mol. The lowest BCUT2D eigenvalue weighted by atomic mass is 10.1. The molecule has 0 N–H and O–H groups in total. The average Bonchev–Trinajstić information content (AvgIpc) is 2.68. The van der Waals surface area contributed by atoms with E-state index < -0.39 is 11.7 Å². The molecule has 2 aromatic rings. The quantitative estimate of drug-likeness (QED) is 0.802. The summed E-state index contributed by atoms with van der Waals surface area (Å²) >= 11 is 0. The van der Waals surface area contributed by atoms with Gasteiger partial charge in [-0.15, -0.1) is 0 Å². The highest BCUT2D eigenvalue weighted by molar-refractivity contribution is 5.57. The lowest BCUT2D eigenvalue weighted by Gasteiger charge is -2.26. The highest BCUT2D eigenvalue weighted by atomic mass is 19.4. The summed E-state index contributed by atoms with van der Waals surface area (Å²) in [5.74, 6) is 0. The number of hydrogen-bond acceptors (Lipinski definition) is 2. The van der Waals surface area contributed by atoms with Crippen LogP contribution in [0, 0.1) is 13.3 Å². The topological polar surface area (TPSA) is 16.1 Å². The van der Waals surface area contributed by atoms with Crippen LogP contribution in [0.1, 0.15) is 35.4 Å². The van der Waals surface area contributed by atoms with Crippen molar-refractivity contribution in [2.45, 2.75) is 32.5 Å². The fourth-order valence-corrected chi connectivity index (χ4v) is 2.82. The normalized spacial score (nSPS) is 15.2. The Hall–Kier alpha value is -2.04. The Morgan fingerprint density at radius 3 is 2.65 bits per heavy atom. The van der Waals surface area contributed by atoms with Gasteiger partial charge in [0, 0.05) is 25.2 Å². The largest absolute Gasteiger partial charge is 0.418 e. The first-order chi connectivity index (χ1) is 10.9. The first-order valence-electron chi connectivity index (χ1n) is 7.57. The van der Waals surface area contributed by atoms with Crippen molar-refractivity contribution in [1.82, 2.24) is 4.98 Å². The number of aryl methyl sites for hydroxylation is 1. The number of anilines is 1. The molecule has 23 heavy (non-hydrogen) atoms. The Labute approximate surface area is 134 Å². The van der Waals surface area contributed by atoms with Crippen LogP contribution in [0.5, 0.6) is 0 Å². The zero-order chi connectivity index (χ0) is 16.4. The van der Waals surface area contributed by atoms with Crippen LogP contribution in [0.2, 0.25) is 0 Å². The number of halogens is 3. The third kappa shape index (κ3) is 3.49. The summed E-state index contributed by atoms with van der Waals surface area (Å²) in [6, 6.07) is 11.0. The molecule has 1 aliphatic rings. The molecule has 1 aliphatic heterocycles. The van der Waals surface area contributed by atoms with Crippen molar-refractivity contribution in [3.63, 3.8) is 0 Å². The Balaban J connectivity index is 2.01. The molecule has 0 saturated heterocycles. The molecule has 2 nitrogen and oxygen atoms in total. The van der Waals surface area contributed by atoms with Gasteiger partial charge in [-0.3, -0.25) is 4.98 Å². The van der Waals surface area contributed by atoms with Crippen LogP contribution in [0.25, 0.3) is 0 Å². The second-order valence-electron chi connectivity index (χ2n) is 5.67. The highest BCUT2D eigenvalue weighted by Crippen LogP contribution is 2.37. The summed E-state index contributed by atoms with van der Waals surface area (Å²) in [5, 5.41) is 0. The SMILES string of the molecule is Cc1nc2c(cc1C(F)(F)F)N(Cc1ccccc1)CCC[C]2. The highest BCUT2D eigenvalue weighted by Gasteiger charge is 2.35. The molecule has 0 aliphatic carbocycles. The van der Waals surface area contributed by atoms with Gasteiger partial charge >= 0.3 is 6.18 Å². The summed E-state index contributed by atoms with van der Waals surface area (Å²) in [5.41, 5.74) is 1.45. The number of fused-ring (bicyclic) bond motifs is 1. The van der Waals surface area contributed by atoms with Crippen molar-refractivity contribution in [3.05, 3.63) is 65.3 Å². The van der Waals surface area contributed by atoms with Crippen LogP contribution < -0.4 is 4.90 Å². The average molecular weight is 318 g/mol. The number of hydrogen-bond donors (Lipinski definition) is 0. The van der Waals surface area contributed by atoms with E-state index in [-0.39, 0.29) is 5.69 Å². The van der Waals surface area contributed by atoms with E-state index in [1.807, 2.05) is 35.2 Å². The van der Waals surface area contributed by atoms with E-state index in [0.717, 1.165) is 12.0 Å². The maximum absolute atomic E-state index is 13.2. The van der Waals surface area contributed by atoms with Crippen LogP contribution in [0.3, 0.4) is 0 Å². The summed E-state index contributed by atoms with van der Waals surface area (Å²) in [4.78, 5) is 6.12. The van der Waals surface area contributed by atoms with E-state index >= 15 is 0 Å². The maximum Gasteiger partial charge on any atom is 0.418 e. The van der Waals surface area contributed by atoms with E-state index in [1.54, 1.807) is 0 Å². The minimum atomic E-state index is -4.39. The smallest absolute Gasteiger partial charge is 0.366 e. The van der Waals surface area contributed by atoms with Crippen LogP contribution in [-0.2, 0) is 12.7 Å². The molecule has 2 radical (unpaired) electrons. The van der Waals surface area contributed by atoms with Crippen molar-refractivity contribution >= 4 is 5.69 Å². The standard InChI is InChI=1S/C18H17F3N2/c1-13-15(18(19,20)21)11-17-16(22-13)9-5-6-10-23(17)12-14-7-3-2-4-8-14/h2-4,7-8,11H,5-6,10,12H2,1H3. The van der Waals surface area contributed by atoms with Gasteiger partial charge in [0.15, 0.2) is 0 Å². The molecule has 2 heterocycles. The first-order valence-corrected chi connectivity index (χ1v) is 7.57. The van der Waals surface area contributed by atoms with Gasteiger partial charge in [0.05, 0.1) is 16.9 Å². The molecule has 0 spiro atoms. The molecule has 1 aromatic heterocycles. The summed E-state index contributed by atoms with van der Waals surface area (Å²) in [6.07, 6.45) is 0.303. The minimum absolute atomic E-state index is 0.00492. The van der Waals surface area contributed by atoms with Gasteiger partial charge in [0.2, 0.25) is 0 Å². The molecule has 3 rings (SSSR count). The zero-order valence-corrected chi connectivity index (χ0v) is 12.8.